The third kappa shape index (κ3) is 129. The van der Waals surface area contributed by atoms with Gasteiger partial charge in [-0.2, -0.15) is 0 Å². The predicted molar refractivity (Wildman–Crippen MR) is 19.3 cm³/mol. The van der Waals surface area contributed by atoms with Crippen molar-refractivity contribution in [2.75, 3.05) is 0 Å². The second kappa shape index (κ2) is 56.2. The van der Waals surface area contributed by atoms with Gasteiger partial charge in [0.15, 0.2) is 0 Å². The quantitative estimate of drug-likeness (QED) is 0.321. The van der Waals surface area contributed by atoms with Crippen molar-refractivity contribution in [3.05, 3.63) is 0 Å². The maximum atomic E-state index is 8.40. The minimum absolute atomic E-state index is 0. The third-order valence-electron chi connectivity index (χ3n) is 0. The van der Waals surface area contributed by atoms with Gasteiger partial charge in [0.1, 0.15) is 0 Å². The Hall–Kier alpha value is 1.24. The zero-order chi connectivity index (χ0) is 2.71. The molecule has 0 aromatic heterocycles. The van der Waals surface area contributed by atoms with Crippen molar-refractivity contribution < 1.29 is 19.1 Å². The fourth-order valence-electron chi connectivity index (χ4n) is 0. The fraction of sp³-hybridized carbons (Fsp3) is 0. The summed E-state index contributed by atoms with van der Waals surface area (Å²) in [6.45, 7) is 0. The number of halogens is 1. The van der Waals surface area contributed by atoms with E-state index in [2.05, 4.69) is 0 Å². The second-order valence-corrected chi connectivity index (χ2v) is 0.250. The topological polar surface area (TPSA) is 62.6 Å². The van der Waals surface area contributed by atoms with Gasteiger partial charge >= 0.3 is 55.4 Å². The number of rotatable bonds is 0. The zero-order valence-electron chi connectivity index (χ0n) is 3.52. The van der Waals surface area contributed by atoms with Gasteiger partial charge < -0.3 is 10.2 Å². The molecule has 0 aliphatic rings. The van der Waals surface area contributed by atoms with Gasteiger partial charge in [-0.1, -0.05) is 0 Å². The summed E-state index contributed by atoms with van der Waals surface area (Å²) in [7, 11) is -1.42. The van der Waals surface area contributed by atoms with Gasteiger partial charge in [0.2, 0.25) is 0 Å². The van der Waals surface area contributed by atoms with E-state index in [-0.39, 0.29) is 56.3 Å². The first-order valence-corrected chi connectivity index (χ1v) is 1.22. The van der Waals surface area contributed by atoms with Crippen molar-refractivity contribution in [2.45, 2.75) is 0 Å². The Balaban J connectivity index is -0.00000000333. The van der Waals surface area contributed by atoms with Crippen LogP contribution in [0.25, 0.3) is 0 Å². The summed E-state index contributed by atoms with van der Waals surface area (Å²) in [5.41, 5.74) is 0. The molecule has 7 heavy (non-hydrogen) atoms. The van der Waals surface area contributed by atoms with E-state index in [0.29, 0.717) is 0 Å². The van der Waals surface area contributed by atoms with Crippen LogP contribution in [0.4, 0.5) is 0 Å². The van der Waals surface area contributed by atoms with E-state index in [1.807, 2.05) is 0 Å². The molecule has 0 bridgehead atoms. The molecule has 0 unspecified atom stereocenters. The second-order valence-electron chi connectivity index (χ2n) is 0.0833. The molecule has 0 heterocycles. The van der Waals surface area contributed by atoms with Gasteiger partial charge in [0.25, 0.3) is 0 Å². The molecule has 0 fully saturated rings. The van der Waals surface area contributed by atoms with Gasteiger partial charge in [-0.15, -0.1) is 0 Å². The van der Waals surface area contributed by atoms with Crippen molar-refractivity contribution in [1.82, 2.24) is 0 Å². The van der Waals surface area contributed by atoms with Crippen LogP contribution in [0.15, 0.2) is 0 Å². The van der Waals surface area contributed by atoms with Crippen molar-refractivity contribution in [3.8, 4) is 0 Å². The van der Waals surface area contributed by atoms with Gasteiger partial charge in [-0.3, -0.25) is 8.92 Å². The van der Waals surface area contributed by atoms with Gasteiger partial charge in [0.05, 0.1) is 0 Å². The standard InChI is InChI=1S/FH.2Mg.O2Si.O/c;;;1-3-2;/h1H;;;;/q;2*+2;;-2/p-1. The molecular weight excluding hydrogens is 144 g/mol. The maximum absolute atomic E-state index is 8.40. The molecule has 0 saturated heterocycles. The molecule has 0 aromatic carbocycles. The summed E-state index contributed by atoms with van der Waals surface area (Å²) in [4.78, 5) is 0. The van der Waals surface area contributed by atoms with E-state index in [1.54, 1.807) is 0 Å². The summed E-state index contributed by atoms with van der Waals surface area (Å²) in [5.74, 6) is 0. The number of hydrogen-bond donors (Lipinski definition) is 0. The van der Waals surface area contributed by atoms with Crippen LogP contribution in [0.3, 0.4) is 0 Å². The largest absolute Gasteiger partial charge is 2.00 e. The molecule has 0 aliphatic heterocycles. The molecule has 0 atom stereocenters. The van der Waals surface area contributed by atoms with Crippen LogP contribution in [-0.2, 0) is 14.4 Å². The Kier molecular flexibility index (Phi) is 330. The first kappa shape index (κ1) is 41.2. The van der Waals surface area contributed by atoms with Crippen LogP contribution >= 0.6 is 0 Å². The predicted octanol–water partition coefficient (Wildman–Crippen LogP) is -4.49. The average molecular weight is 144 g/mol. The van der Waals surface area contributed by atoms with Gasteiger partial charge in [-0.25, -0.2) is 0 Å². The van der Waals surface area contributed by atoms with E-state index in [9.17, 15) is 0 Å². The minimum Gasteiger partial charge on any atom is -2.00 e. The first-order valence-electron chi connectivity index (χ1n) is 0.408. The summed E-state index contributed by atoms with van der Waals surface area (Å²) < 4.78 is 16.8. The SMILES string of the molecule is O=[Si]=O.[F-].[Mg+2].[Mg+2].[O-2]. The molecule has 0 aliphatic carbocycles. The molecule has 0 N–H and O–H groups in total. The van der Waals surface area contributed by atoms with Gasteiger partial charge in [0, 0.05) is 0 Å². The van der Waals surface area contributed by atoms with Crippen LogP contribution in [-0.4, -0.2) is 55.4 Å². The molecule has 0 spiro atoms. The molecule has 0 radical (unpaired) electrons. The van der Waals surface area contributed by atoms with E-state index in [1.165, 1.54) is 0 Å². The van der Waals surface area contributed by atoms with Crippen molar-refractivity contribution in [1.29, 1.82) is 0 Å². The third-order valence-corrected chi connectivity index (χ3v) is 0. The van der Waals surface area contributed by atoms with Crippen molar-refractivity contribution in [3.63, 3.8) is 0 Å². The van der Waals surface area contributed by atoms with E-state index in [0.717, 1.165) is 0 Å². The fourth-order valence-corrected chi connectivity index (χ4v) is 0. The molecule has 7 heteroatoms. The Morgan fingerprint density at radius 2 is 1.00 bits per heavy atom. The first-order chi connectivity index (χ1) is 1.41. The molecule has 0 amide bonds. The van der Waals surface area contributed by atoms with Crippen LogP contribution < -0.4 is 4.70 Å². The smallest absolute Gasteiger partial charge is 2.00 e. The van der Waals surface area contributed by atoms with Gasteiger partial charge in [-0.05, 0) is 0 Å². The molecule has 0 saturated carbocycles. The van der Waals surface area contributed by atoms with Crippen LogP contribution in [0.2, 0.25) is 0 Å². The average Bonchev–Trinajstić information content (AvgIpc) is 0.918. The van der Waals surface area contributed by atoms with E-state index >= 15 is 0 Å². The summed E-state index contributed by atoms with van der Waals surface area (Å²) in [5, 5.41) is 0. The Morgan fingerprint density at radius 3 is 1.00 bits per heavy atom. The monoisotopic (exact) mass is 143 g/mol. The molecular formula is FMg2O3Si+. The van der Waals surface area contributed by atoms with E-state index in [4.69, 9.17) is 8.92 Å². The molecule has 0 aromatic rings. The maximum Gasteiger partial charge on any atom is 2.00 e. The normalized spacial score (nSPS) is 1.14. The van der Waals surface area contributed by atoms with Crippen molar-refractivity contribution in [2.24, 2.45) is 0 Å². The van der Waals surface area contributed by atoms with Crippen LogP contribution in [0, 0.1) is 0 Å². The van der Waals surface area contributed by atoms with Crippen molar-refractivity contribution >= 4 is 55.4 Å². The van der Waals surface area contributed by atoms with Crippen LogP contribution in [0.5, 0.6) is 0 Å². The Labute approximate surface area is 74.2 Å². The summed E-state index contributed by atoms with van der Waals surface area (Å²) in [6, 6.07) is 0. The Morgan fingerprint density at radius 1 is 1.00 bits per heavy atom. The van der Waals surface area contributed by atoms with Crippen LogP contribution in [0.1, 0.15) is 0 Å². The molecule has 3 nitrogen and oxygen atoms in total. The Bertz CT molecular complexity index is 33.9. The number of hydrogen-bond acceptors (Lipinski definition) is 2. The zero-order valence-corrected chi connectivity index (χ0v) is 7.35. The minimum atomic E-state index is -1.42. The molecule has 32 valence electrons. The molecule has 0 rings (SSSR count). The summed E-state index contributed by atoms with van der Waals surface area (Å²) in [6.07, 6.45) is 0. The summed E-state index contributed by atoms with van der Waals surface area (Å²) >= 11 is 0. The van der Waals surface area contributed by atoms with E-state index < -0.39 is 9.29 Å².